The lowest BCUT2D eigenvalue weighted by atomic mass is 10.1. The molecule has 1 N–H and O–H groups in total. The van der Waals surface area contributed by atoms with Gasteiger partial charge in [-0.05, 0) is 24.6 Å². The zero-order valence-corrected chi connectivity index (χ0v) is 10.4. The molecular formula is C13H11ClFNO2. The van der Waals surface area contributed by atoms with E-state index in [2.05, 4.69) is 4.98 Å². The lowest BCUT2D eigenvalue weighted by Gasteiger charge is -2.09. The van der Waals surface area contributed by atoms with Crippen molar-refractivity contribution in [3.05, 3.63) is 53.1 Å². The van der Waals surface area contributed by atoms with E-state index in [-0.39, 0.29) is 5.75 Å². The maximum absolute atomic E-state index is 13.7. The van der Waals surface area contributed by atoms with Crippen molar-refractivity contribution in [1.29, 1.82) is 0 Å². The number of ether oxygens (including phenoxy) is 1. The van der Waals surface area contributed by atoms with Crippen molar-refractivity contribution in [2.45, 2.75) is 13.0 Å². The van der Waals surface area contributed by atoms with Crippen molar-refractivity contribution >= 4 is 11.6 Å². The summed E-state index contributed by atoms with van der Waals surface area (Å²) in [5.74, 6) is -0.136. The van der Waals surface area contributed by atoms with Gasteiger partial charge in [-0.3, -0.25) is 4.98 Å². The maximum Gasteiger partial charge on any atom is 0.166 e. The highest BCUT2D eigenvalue weighted by atomic mass is 35.5. The van der Waals surface area contributed by atoms with E-state index in [1.54, 1.807) is 13.0 Å². The maximum atomic E-state index is 13.7. The molecule has 3 nitrogen and oxygen atoms in total. The number of aromatic nitrogens is 1. The Morgan fingerprint density at radius 3 is 2.72 bits per heavy atom. The van der Waals surface area contributed by atoms with E-state index in [4.69, 9.17) is 16.3 Å². The zero-order valence-electron chi connectivity index (χ0n) is 9.60. The fourth-order valence-corrected chi connectivity index (χ4v) is 1.60. The minimum atomic E-state index is -0.721. The molecule has 2 aromatic rings. The second-order valence-corrected chi connectivity index (χ2v) is 4.24. The first kappa shape index (κ1) is 12.8. The number of aliphatic hydroxyl groups is 1. The van der Waals surface area contributed by atoms with Gasteiger partial charge in [0.05, 0.1) is 17.3 Å². The first-order chi connectivity index (χ1) is 8.56. The van der Waals surface area contributed by atoms with Crippen molar-refractivity contribution in [3.63, 3.8) is 0 Å². The summed E-state index contributed by atoms with van der Waals surface area (Å²) in [6, 6.07) is 5.83. The Bertz CT molecular complexity index is 560. The first-order valence-corrected chi connectivity index (χ1v) is 5.70. The Balaban J connectivity index is 2.24. The number of hydrogen-bond donors (Lipinski definition) is 1. The summed E-state index contributed by atoms with van der Waals surface area (Å²) in [6.07, 6.45) is 2.18. The number of hydrogen-bond acceptors (Lipinski definition) is 3. The summed E-state index contributed by atoms with van der Waals surface area (Å²) in [5, 5.41) is 9.74. The topological polar surface area (TPSA) is 42.4 Å². The summed E-state index contributed by atoms with van der Waals surface area (Å²) in [4.78, 5) is 3.84. The molecule has 1 aromatic heterocycles. The number of benzene rings is 1. The van der Waals surface area contributed by atoms with Crippen molar-refractivity contribution in [3.8, 4) is 11.5 Å². The second kappa shape index (κ2) is 5.33. The third kappa shape index (κ3) is 2.97. The van der Waals surface area contributed by atoms with Crippen LogP contribution in [-0.4, -0.2) is 10.1 Å². The van der Waals surface area contributed by atoms with Crippen LogP contribution in [0.1, 0.15) is 18.6 Å². The van der Waals surface area contributed by atoms with E-state index >= 15 is 0 Å². The zero-order chi connectivity index (χ0) is 13.1. The number of nitrogens with zero attached hydrogens (tertiary/aromatic N) is 1. The second-order valence-electron chi connectivity index (χ2n) is 3.81. The van der Waals surface area contributed by atoms with E-state index in [9.17, 15) is 9.50 Å². The predicted molar refractivity (Wildman–Crippen MR) is 66.4 cm³/mol. The summed E-state index contributed by atoms with van der Waals surface area (Å²) >= 11 is 5.75. The van der Waals surface area contributed by atoms with Gasteiger partial charge in [-0.15, -0.1) is 0 Å². The first-order valence-electron chi connectivity index (χ1n) is 5.32. The van der Waals surface area contributed by atoms with Gasteiger partial charge in [-0.1, -0.05) is 17.7 Å². The Kier molecular flexibility index (Phi) is 3.79. The smallest absolute Gasteiger partial charge is 0.166 e. The molecule has 5 heteroatoms. The molecule has 0 aliphatic rings. The fourth-order valence-electron chi connectivity index (χ4n) is 1.43. The monoisotopic (exact) mass is 267 g/mol. The van der Waals surface area contributed by atoms with Crippen LogP contribution in [0.5, 0.6) is 11.5 Å². The van der Waals surface area contributed by atoms with Crippen molar-refractivity contribution in [1.82, 2.24) is 4.98 Å². The van der Waals surface area contributed by atoms with Gasteiger partial charge in [0.25, 0.3) is 0 Å². The normalized spacial score (nSPS) is 12.2. The quantitative estimate of drug-likeness (QED) is 0.922. The van der Waals surface area contributed by atoms with E-state index < -0.39 is 11.9 Å². The molecule has 0 saturated heterocycles. The Morgan fingerprint density at radius 2 is 2.11 bits per heavy atom. The molecule has 0 unspecified atom stereocenters. The largest absolute Gasteiger partial charge is 0.453 e. The summed E-state index contributed by atoms with van der Waals surface area (Å²) in [6.45, 7) is 1.57. The molecule has 1 aromatic carbocycles. The molecule has 1 heterocycles. The van der Waals surface area contributed by atoms with Crippen LogP contribution in [0.2, 0.25) is 5.02 Å². The van der Waals surface area contributed by atoms with Gasteiger partial charge in [-0.25, -0.2) is 4.39 Å². The predicted octanol–water partition coefficient (Wildman–Crippen LogP) is 3.72. The average molecular weight is 268 g/mol. The molecule has 0 aliphatic heterocycles. The minimum absolute atomic E-state index is 0.0588. The molecule has 0 radical (unpaired) electrons. The molecule has 94 valence electrons. The third-order valence-electron chi connectivity index (χ3n) is 2.35. The fraction of sp³-hybridized carbons (Fsp3) is 0.154. The standard InChI is InChI=1S/C13H11ClFNO2/c1-8(17)9-2-3-13(12(15)4-9)18-11-5-10(14)6-16-7-11/h2-8,17H,1H3/t8-/m0/s1. The van der Waals surface area contributed by atoms with E-state index in [0.717, 1.165) is 0 Å². The SMILES string of the molecule is C[C@H](O)c1ccc(Oc2cncc(Cl)c2)c(F)c1. The van der Waals surface area contributed by atoms with Gasteiger partial charge in [0.2, 0.25) is 0 Å². The highest BCUT2D eigenvalue weighted by Gasteiger charge is 2.09. The number of rotatable bonds is 3. The third-order valence-corrected chi connectivity index (χ3v) is 2.55. The molecule has 0 bridgehead atoms. The van der Waals surface area contributed by atoms with Gasteiger partial charge in [0.15, 0.2) is 11.6 Å². The molecule has 1 atom stereocenters. The summed E-state index contributed by atoms with van der Waals surface area (Å²) in [5.41, 5.74) is 0.490. The summed E-state index contributed by atoms with van der Waals surface area (Å²) in [7, 11) is 0. The average Bonchev–Trinajstić information content (AvgIpc) is 2.31. The molecule has 0 amide bonds. The Labute approximate surface area is 109 Å². The van der Waals surface area contributed by atoms with Gasteiger partial charge < -0.3 is 9.84 Å². The molecular weight excluding hydrogens is 257 g/mol. The Morgan fingerprint density at radius 1 is 1.33 bits per heavy atom. The van der Waals surface area contributed by atoms with Crippen LogP contribution in [-0.2, 0) is 0 Å². The highest BCUT2D eigenvalue weighted by Crippen LogP contribution is 2.27. The Hall–Kier alpha value is -1.65. The minimum Gasteiger partial charge on any atom is -0.453 e. The molecule has 18 heavy (non-hydrogen) atoms. The molecule has 0 saturated carbocycles. The number of aliphatic hydroxyl groups excluding tert-OH is 1. The van der Waals surface area contributed by atoms with Crippen LogP contribution in [0.3, 0.4) is 0 Å². The highest BCUT2D eigenvalue weighted by molar-refractivity contribution is 6.30. The number of halogens is 2. The lowest BCUT2D eigenvalue weighted by Crippen LogP contribution is -1.94. The van der Waals surface area contributed by atoms with Gasteiger partial charge in [0.1, 0.15) is 5.75 Å². The van der Waals surface area contributed by atoms with E-state index in [1.807, 2.05) is 0 Å². The van der Waals surface area contributed by atoms with Gasteiger partial charge >= 0.3 is 0 Å². The van der Waals surface area contributed by atoms with Gasteiger partial charge in [0, 0.05) is 12.3 Å². The van der Waals surface area contributed by atoms with E-state index in [1.165, 1.54) is 30.6 Å². The van der Waals surface area contributed by atoms with Crippen molar-refractivity contribution in [2.24, 2.45) is 0 Å². The van der Waals surface area contributed by atoms with Crippen LogP contribution >= 0.6 is 11.6 Å². The van der Waals surface area contributed by atoms with Gasteiger partial charge in [-0.2, -0.15) is 0 Å². The van der Waals surface area contributed by atoms with Crippen LogP contribution < -0.4 is 4.74 Å². The molecule has 2 rings (SSSR count). The molecule has 0 aliphatic carbocycles. The summed E-state index contributed by atoms with van der Waals surface area (Å²) < 4.78 is 19.0. The van der Waals surface area contributed by atoms with E-state index in [0.29, 0.717) is 16.3 Å². The lowest BCUT2D eigenvalue weighted by molar-refractivity contribution is 0.198. The van der Waals surface area contributed by atoms with Crippen LogP contribution in [0, 0.1) is 5.82 Å². The molecule has 0 spiro atoms. The van der Waals surface area contributed by atoms with Crippen LogP contribution in [0.4, 0.5) is 4.39 Å². The molecule has 0 fully saturated rings. The number of pyridine rings is 1. The van der Waals surface area contributed by atoms with Crippen molar-refractivity contribution < 1.29 is 14.2 Å². The van der Waals surface area contributed by atoms with Crippen LogP contribution in [0.25, 0.3) is 0 Å². The van der Waals surface area contributed by atoms with Crippen molar-refractivity contribution in [2.75, 3.05) is 0 Å². The van der Waals surface area contributed by atoms with Crippen LogP contribution in [0.15, 0.2) is 36.7 Å².